The summed E-state index contributed by atoms with van der Waals surface area (Å²) in [5, 5.41) is 3.19. The van der Waals surface area contributed by atoms with E-state index in [0.717, 1.165) is 19.5 Å². The summed E-state index contributed by atoms with van der Waals surface area (Å²) in [6.07, 6.45) is 2.71. The van der Waals surface area contributed by atoms with E-state index >= 15 is 0 Å². The van der Waals surface area contributed by atoms with Crippen LogP contribution in [0.25, 0.3) is 0 Å². The first-order valence-electron chi connectivity index (χ1n) is 5.75. The molecule has 90 valence electrons. The van der Waals surface area contributed by atoms with Gasteiger partial charge in [-0.15, -0.1) is 0 Å². The van der Waals surface area contributed by atoms with Crippen LogP contribution in [-0.2, 0) is 6.54 Å². The molecule has 0 aliphatic carbocycles. The second-order valence-electron chi connectivity index (χ2n) is 3.80. The number of aromatic nitrogens is 1. The monoisotopic (exact) mass is 225 g/mol. The third-order valence-electron chi connectivity index (χ3n) is 2.53. The lowest BCUT2D eigenvalue weighted by Gasteiger charge is -2.17. The minimum atomic E-state index is -0.213. The van der Waals surface area contributed by atoms with Crippen LogP contribution in [0.3, 0.4) is 0 Å². The topological polar surface area (TPSA) is 28.2 Å². The van der Waals surface area contributed by atoms with E-state index in [1.54, 1.807) is 17.2 Å². The fourth-order valence-corrected chi connectivity index (χ4v) is 1.42. The molecule has 0 spiro atoms. The Morgan fingerprint density at radius 2 is 2.19 bits per heavy atom. The van der Waals surface area contributed by atoms with E-state index < -0.39 is 0 Å². The van der Waals surface area contributed by atoms with Crippen LogP contribution in [-0.4, -0.2) is 25.1 Å². The number of nitrogens with one attached hydrogen (secondary N) is 1. The predicted molar refractivity (Wildman–Crippen MR) is 65.1 cm³/mol. The van der Waals surface area contributed by atoms with Gasteiger partial charge < -0.3 is 10.2 Å². The maximum Gasteiger partial charge on any atom is 0.170 e. The first-order chi connectivity index (χ1) is 7.70. The van der Waals surface area contributed by atoms with Gasteiger partial charge in [-0.2, -0.15) is 0 Å². The zero-order chi connectivity index (χ0) is 12.0. The molecule has 0 bridgehead atoms. The van der Waals surface area contributed by atoms with Gasteiger partial charge in [-0.3, -0.25) is 0 Å². The summed E-state index contributed by atoms with van der Waals surface area (Å²) in [5.41, 5.74) is 0.679. The van der Waals surface area contributed by atoms with Gasteiger partial charge in [-0.05, 0) is 26.0 Å². The summed E-state index contributed by atoms with van der Waals surface area (Å²) in [4.78, 5) is 5.87. The zero-order valence-corrected chi connectivity index (χ0v) is 10.3. The first-order valence-corrected chi connectivity index (χ1v) is 5.75. The molecule has 0 saturated heterocycles. The van der Waals surface area contributed by atoms with Crippen LogP contribution in [0.5, 0.6) is 0 Å². The number of halogens is 1. The summed E-state index contributed by atoms with van der Waals surface area (Å²) in [5.74, 6) is 0.216. The molecule has 0 radical (unpaired) electrons. The standard InChI is InChI=1S/C12H20FN3/c1-4-7-14-9-10-6-8-15-12(11(10)13)16(3)5-2/h6,8,14H,4-5,7,9H2,1-3H3. The number of hydrogen-bond donors (Lipinski definition) is 1. The fraction of sp³-hybridized carbons (Fsp3) is 0.583. The van der Waals surface area contributed by atoms with E-state index in [2.05, 4.69) is 17.2 Å². The molecule has 1 N–H and O–H groups in total. The lowest BCUT2D eigenvalue weighted by Crippen LogP contribution is -2.21. The molecule has 0 aliphatic heterocycles. The van der Waals surface area contributed by atoms with Crippen molar-refractivity contribution in [2.45, 2.75) is 26.8 Å². The van der Waals surface area contributed by atoms with Crippen LogP contribution in [0, 0.1) is 5.82 Å². The quantitative estimate of drug-likeness (QED) is 0.752. The summed E-state index contributed by atoms with van der Waals surface area (Å²) < 4.78 is 14.0. The summed E-state index contributed by atoms with van der Waals surface area (Å²) in [6, 6.07) is 1.73. The molecule has 0 aromatic carbocycles. The molecule has 16 heavy (non-hydrogen) atoms. The maximum atomic E-state index is 14.0. The minimum Gasteiger partial charge on any atom is -0.358 e. The van der Waals surface area contributed by atoms with Crippen LogP contribution < -0.4 is 10.2 Å². The van der Waals surface area contributed by atoms with Crippen LogP contribution >= 0.6 is 0 Å². The summed E-state index contributed by atoms with van der Waals surface area (Å²) >= 11 is 0. The second kappa shape index (κ2) is 6.43. The van der Waals surface area contributed by atoms with Gasteiger partial charge in [0.15, 0.2) is 11.6 Å². The first kappa shape index (κ1) is 12.9. The van der Waals surface area contributed by atoms with Gasteiger partial charge in [0.2, 0.25) is 0 Å². The van der Waals surface area contributed by atoms with Crippen LogP contribution in [0.2, 0.25) is 0 Å². The molecule has 0 fully saturated rings. The Morgan fingerprint density at radius 3 is 2.81 bits per heavy atom. The van der Waals surface area contributed by atoms with Crippen molar-refractivity contribution in [3.05, 3.63) is 23.6 Å². The highest BCUT2D eigenvalue weighted by Crippen LogP contribution is 2.17. The van der Waals surface area contributed by atoms with Crippen LogP contribution in [0.15, 0.2) is 12.3 Å². The molecular formula is C12H20FN3. The van der Waals surface area contributed by atoms with Gasteiger partial charge in [-0.25, -0.2) is 9.37 Å². The highest BCUT2D eigenvalue weighted by molar-refractivity contribution is 5.42. The number of rotatable bonds is 6. The van der Waals surface area contributed by atoms with Gasteiger partial charge in [0.05, 0.1) is 0 Å². The Balaban J connectivity index is 2.78. The van der Waals surface area contributed by atoms with Crippen molar-refractivity contribution < 1.29 is 4.39 Å². The number of nitrogens with zero attached hydrogens (tertiary/aromatic N) is 2. The number of anilines is 1. The third kappa shape index (κ3) is 3.17. The van der Waals surface area contributed by atoms with Crippen molar-refractivity contribution in [3.63, 3.8) is 0 Å². The van der Waals surface area contributed by atoms with Crippen molar-refractivity contribution in [2.75, 3.05) is 25.0 Å². The van der Waals surface area contributed by atoms with Gasteiger partial charge in [0.1, 0.15) is 0 Å². The largest absolute Gasteiger partial charge is 0.358 e. The molecule has 0 aliphatic rings. The average Bonchev–Trinajstić information content (AvgIpc) is 2.30. The number of pyridine rings is 1. The van der Waals surface area contributed by atoms with E-state index in [0.29, 0.717) is 17.9 Å². The van der Waals surface area contributed by atoms with E-state index in [-0.39, 0.29) is 5.82 Å². The van der Waals surface area contributed by atoms with E-state index in [1.807, 2.05) is 14.0 Å². The van der Waals surface area contributed by atoms with Crippen LogP contribution in [0.1, 0.15) is 25.8 Å². The van der Waals surface area contributed by atoms with Gasteiger partial charge in [-0.1, -0.05) is 6.92 Å². The highest BCUT2D eigenvalue weighted by Gasteiger charge is 2.11. The van der Waals surface area contributed by atoms with Gasteiger partial charge >= 0.3 is 0 Å². The number of hydrogen-bond acceptors (Lipinski definition) is 3. The fourth-order valence-electron chi connectivity index (χ4n) is 1.42. The molecule has 4 heteroatoms. The van der Waals surface area contributed by atoms with Crippen molar-refractivity contribution in [1.82, 2.24) is 10.3 Å². The third-order valence-corrected chi connectivity index (χ3v) is 2.53. The van der Waals surface area contributed by atoms with Crippen molar-refractivity contribution in [2.24, 2.45) is 0 Å². The van der Waals surface area contributed by atoms with Crippen molar-refractivity contribution >= 4 is 5.82 Å². The minimum absolute atomic E-state index is 0.213. The lowest BCUT2D eigenvalue weighted by molar-refractivity contribution is 0.578. The molecular weight excluding hydrogens is 205 g/mol. The van der Waals surface area contributed by atoms with Gasteiger partial charge in [0, 0.05) is 31.9 Å². The predicted octanol–water partition coefficient (Wildman–Crippen LogP) is 2.18. The Hall–Kier alpha value is -1.16. The SMILES string of the molecule is CCCNCc1ccnc(N(C)CC)c1F. The summed E-state index contributed by atoms with van der Waals surface area (Å²) in [6.45, 7) is 6.28. The van der Waals surface area contributed by atoms with Gasteiger partial charge in [0.25, 0.3) is 0 Å². The average molecular weight is 225 g/mol. The smallest absolute Gasteiger partial charge is 0.170 e. The highest BCUT2D eigenvalue weighted by atomic mass is 19.1. The molecule has 3 nitrogen and oxygen atoms in total. The van der Waals surface area contributed by atoms with E-state index in [4.69, 9.17) is 0 Å². The van der Waals surface area contributed by atoms with Crippen molar-refractivity contribution in [3.8, 4) is 0 Å². The zero-order valence-electron chi connectivity index (χ0n) is 10.3. The molecule has 1 aromatic heterocycles. The second-order valence-corrected chi connectivity index (χ2v) is 3.80. The Morgan fingerprint density at radius 1 is 1.44 bits per heavy atom. The van der Waals surface area contributed by atoms with Crippen molar-refractivity contribution in [1.29, 1.82) is 0 Å². The lowest BCUT2D eigenvalue weighted by atomic mass is 10.2. The molecule has 1 rings (SSSR count). The molecule has 0 amide bonds. The molecule has 0 saturated carbocycles. The molecule has 1 heterocycles. The Labute approximate surface area is 96.7 Å². The molecule has 0 atom stereocenters. The Kier molecular flexibility index (Phi) is 5.19. The normalized spacial score (nSPS) is 10.5. The van der Waals surface area contributed by atoms with E-state index in [9.17, 15) is 4.39 Å². The molecule has 0 unspecified atom stereocenters. The van der Waals surface area contributed by atoms with Crippen LogP contribution in [0.4, 0.5) is 10.2 Å². The van der Waals surface area contributed by atoms with E-state index in [1.165, 1.54) is 0 Å². The Bertz CT molecular complexity index is 328. The summed E-state index contributed by atoms with van der Waals surface area (Å²) in [7, 11) is 1.84. The molecule has 1 aromatic rings. The maximum absolute atomic E-state index is 14.0.